The molecule has 0 radical (unpaired) electrons. The van der Waals surface area contributed by atoms with E-state index in [1.807, 2.05) is 24.0 Å². The fraction of sp³-hybridized carbons (Fsp3) is 0.500. The first-order valence-electron chi connectivity index (χ1n) is 5.49. The highest BCUT2D eigenvalue weighted by molar-refractivity contribution is 6.18. The van der Waals surface area contributed by atoms with Gasteiger partial charge < -0.3 is 4.90 Å². The summed E-state index contributed by atoms with van der Waals surface area (Å²) in [6.07, 6.45) is 2.66. The number of rotatable bonds is 2. The molecule has 0 spiro atoms. The fourth-order valence-electron chi connectivity index (χ4n) is 2.00. The molecule has 1 saturated heterocycles. The minimum atomic E-state index is 0.0331. The van der Waals surface area contributed by atoms with Crippen molar-refractivity contribution in [3.63, 3.8) is 0 Å². The maximum atomic E-state index is 12.1. The molecule has 2 rings (SSSR count). The molecule has 1 atom stereocenters. The molecule has 1 aliphatic rings. The molecule has 16 heavy (non-hydrogen) atoms. The maximum absolute atomic E-state index is 12.1. The normalized spacial score (nSPS) is 20.1. The van der Waals surface area contributed by atoms with E-state index in [-0.39, 0.29) is 5.91 Å². The molecule has 86 valence electrons. The lowest BCUT2D eigenvalue weighted by Gasteiger charge is -2.16. The van der Waals surface area contributed by atoms with Crippen LogP contribution in [-0.2, 0) is 0 Å². The van der Waals surface area contributed by atoms with Gasteiger partial charge in [-0.25, -0.2) is 0 Å². The van der Waals surface area contributed by atoms with Crippen LogP contribution in [0, 0.1) is 12.8 Å². The largest absolute Gasteiger partial charge is 0.337 e. The third kappa shape index (κ3) is 2.19. The standard InChI is InChI=1S/C12H15ClN2O/c1-9-3-2-5-14-11(9)12(16)15-6-4-10(7-13)8-15/h2-3,5,10H,4,6-8H2,1H3. The maximum Gasteiger partial charge on any atom is 0.272 e. The van der Waals surface area contributed by atoms with Crippen LogP contribution in [0.2, 0.25) is 0 Å². The van der Waals surface area contributed by atoms with Gasteiger partial charge >= 0.3 is 0 Å². The molecule has 1 aliphatic heterocycles. The molecule has 1 fully saturated rings. The Kier molecular flexibility index (Phi) is 3.44. The van der Waals surface area contributed by atoms with E-state index >= 15 is 0 Å². The van der Waals surface area contributed by atoms with Crippen molar-refractivity contribution in [2.75, 3.05) is 19.0 Å². The summed E-state index contributed by atoms with van der Waals surface area (Å²) in [6, 6.07) is 3.76. The zero-order chi connectivity index (χ0) is 11.5. The summed E-state index contributed by atoms with van der Waals surface area (Å²) in [7, 11) is 0. The van der Waals surface area contributed by atoms with Crippen LogP contribution in [0.15, 0.2) is 18.3 Å². The van der Waals surface area contributed by atoms with Gasteiger partial charge in [-0.1, -0.05) is 6.07 Å². The van der Waals surface area contributed by atoms with Crippen LogP contribution in [-0.4, -0.2) is 34.8 Å². The number of hydrogen-bond donors (Lipinski definition) is 0. The van der Waals surface area contributed by atoms with E-state index in [0.717, 1.165) is 25.1 Å². The summed E-state index contributed by atoms with van der Waals surface area (Å²) in [5.41, 5.74) is 1.50. The van der Waals surface area contributed by atoms with Crippen molar-refractivity contribution < 1.29 is 4.79 Å². The third-order valence-electron chi connectivity index (χ3n) is 3.00. The second-order valence-corrected chi connectivity index (χ2v) is 4.54. The predicted molar refractivity (Wildman–Crippen MR) is 63.7 cm³/mol. The monoisotopic (exact) mass is 238 g/mol. The number of likely N-dealkylation sites (tertiary alicyclic amines) is 1. The summed E-state index contributed by atoms with van der Waals surface area (Å²) in [4.78, 5) is 18.1. The van der Waals surface area contributed by atoms with Gasteiger partial charge in [0.2, 0.25) is 0 Å². The van der Waals surface area contributed by atoms with Crippen LogP contribution in [0.3, 0.4) is 0 Å². The predicted octanol–water partition coefficient (Wildman–Crippen LogP) is 2.09. The lowest BCUT2D eigenvalue weighted by Crippen LogP contribution is -2.30. The van der Waals surface area contributed by atoms with Crippen LogP contribution < -0.4 is 0 Å². The van der Waals surface area contributed by atoms with Gasteiger partial charge in [-0.15, -0.1) is 11.6 Å². The van der Waals surface area contributed by atoms with E-state index in [4.69, 9.17) is 11.6 Å². The van der Waals surface area contributed by atoms with E-state index in [0.29, 0.717) is 17.5 Å². The number of pyridine rings is 1. The summed E-state index contributed by atoms with van der Waals surface area (Å²) < 4.78 is 0. The molecule has 4 heteroatoms. The molecule has 0 saturated carbocycles. The second kappa shape index (κ2) is 4.83. The minimum absolute atomic E-state index is 0.0331. The second-order valence-electron chi connectivity index (χ2n) is 4.23. The van der Waals surface area contributed by atoms with Crippen LogP contribution in [0.4, 0.5) is 0 Å². The molecule has 0 bridgehead atoms. The highest BCUT2D eigenvalue weighted by atomic mass is 35.5. The Labute approximate surface area is 100 Å². The SMILES string of the molecule is Cc1cccnc1C(=O)N1CCC(CCl)C1. The Hall–Kier alpha value is -1.09. The zero-order valence-electron chi connectivity index (χ0n) is 9.32. The summed E-state index contributed by atoms with van der Waals surface area (Å²) >= 11 is 5.80. The van der Waals surface area contributed by atoms with Gasteiger partial charge in [-0.2, -0.15) is 0 Å². The van der Waals surface area contributed by atoms with Crippen molar-refractivity contribution in [3.05, 3.63) is 29.6 Å². The van der Waals surface area contributed by atoms with Crippen LogP contribution in [0.1, 0.15) is 22.5 Å². The first kappa shape index (κ1) is 11.4. The Morgan fingerprint density at radius 3 is 3.12 bits per heavy atom. The number of nitrogens with zero attached hydrogens (tertiary/aromatic N) is 2. The first-order chi connectivity index (χ1) is 7.72. The number of aromatic nitrogens is 1. The Morgan fingerprint density at radius 1 is 1.69 bits per heavy atom. The van der Waals surface area contributed by atoms with Crippen LogP contribution >= 0.6 is 11.6 Å². The summed E-state index contributed by atoms with van der Waals surface area (Å²) in [5, 5.41) is 0. The molecule has 0 aromatic carbocycles. The summed E-state index contributed by atoms with van der Waals surface area (Å²) in [5.74, 6) is 1.10. The number of hydrogen-bond acceptors (Lipinski definition) is 2. The molecule has 0 N–H and O–H groups in total. The average Bonchev–Trinajstić information content (AvgIpc) is 2.77. The average molecular weight is 239 g/mol. The molecule has 2 heterocycles. The Bertz CT molecular complexity index is 394. The number of halogens is 1. The molecule has 0 aliphatic carbocycles. The number of aryl methyl sites for hydroxylation is 1. The van der Waals surface area contributed by atoms with Gasteiger partial charge in [-0.3, -0.25) is 9.78 Å². The van der Waals surface area contributed by atoms with Crippen molar-refractivity contribution in [3.8, 4) is 0 Å². The Morgan fingerprint density at radius 2 is 2.50 bits per heavy atom. The molecular formula is C12H15ClN2O. The molecule has 1 aromatic rings. The van der Waals surface area contributed by atoms with Crippen molar-refractivity contribution in [1.29, 1.82) is 0 Å². The van der Waals surface area contributed by atoms with Gasteiger partial charge in [0.05, 0.1) is 0 Å². The highest BCUT2D eigenvalue weighted by Gasteiger charge is 2.27. The van der Waals surface area contributed by atoms with Gasteiger partial charge in [0.15, 0.2) is 0 Å². The molecule has 1 amide bonds. The first-order valence-corrected chi connectivity index (χ1v) is 6.02. The molecule has 1 unspecified atom stereocenters. The zero-order valence-corrected chi connectivity index (χ0v) is 10.1. The van der Waals surface area contributed by atoms with E-state index in [1.54, 1.807) is 6.20 Å². The lowest BCUT2D eigenvalue weighted by atomic mass is 10.2. The fourth-order valence-corrected chi connectivity index (χ4v) is 2.25. The van der Waals surface area contributed by atoms with Gasteiger partial charge in [0, 0.05) is 25.2 Å². The third-order valence-corrected chi connectivity index (χ3v) is 3.44. The van der Waals surface area contributed by atoms with Crippen LogP contribution in [0.5, 0.6) is 0 Å². The molecular weight excluding hydrogens is 224 g/mol. The lowest BCUT2D eigenvalue weighted by molar-refractivity contribution is 0.0781. The number of alkyl halides is 1. The highest BCUT2D eigenvalue weighted by Crippen LogP contribution is 2.19. The van der Waals surface area contributed by atoms with Gasteiger partial charge in [0.1, 0.15) is 5.69 Å². The van der Waals surface area contributed by atoms with Crippen LogP contribution in [0.25, 0.3) is 0 Å². The van der Waals surface area contributed by atoms with Crippen molar-refractivity contribution in [2.45, 2.75) is 13.3 Å². The molecule has 1 aromatic heterocycles. The van der Waals surface area contributed by atoms with E-state index in [9.17, 15) is 4.79 Å². The minimum Gasteiger partial charge on any atom is -0.337 e. The number of carbonyl (C=O) groups is 1. The topological polar surface area (TPSA) is 33.2 Å². The van der Waals surface area contributed by atoms with Crippen molar-refractivity contribution in [1.82, 2.24) is 9.88 Å². The van der Waals surface area contributed by atoms with E-state index in [1.165, 1.54) is 0 Å². The van der Waals surface area contributed by atoms with Crippen molar-refractivity contribution >= 4 is 17.5 Å². The quantitative estimate of drug-likeness (QED) is 0.740. The van der Waals surface area contributed by atoms with Gasteiger partial charge in [-0.05, 0) is 30.9 Å². The number of amides is 1. The Balaban J connectivity index is 2.12. The number of carbonyl (C=O) groups excluding carboxylic acids is 1. The van der Waals surface area contributed by atoms with Crippen molar-refractivity contribution in [2.24, 2.45) is 5.92 Å². The molecule has 3 nitrogen and oxygen atoms in total. The van der Waals surface area contributed by atoms with E-state index < -0.39 is 0 Å². The smallest absolute Gasteiger partial charge is 0.272 e. The summed E-state index contributed by atoms with van der Waals surface area (Å²) in [6.45, 7) is 3.47. The van der Waals surface area contributed by atoms with Gasteiger partial charge in [0.25, 0.3) is 5.91 Å². The van der Waals surface area contributed by atoms with E-state index in [2.05, 4.69) is 4.98 Å².